The Morgan fingerprint density at radius 3 is 2.62 bits per heavy atom. The molecule has 2 aromatic rings. The Morgan fingerprint density at radius 1 is 1.19 bits per heavy atom. The van der Waals surface area contributed by atoms with Crippen molar-refractivity contribution in [2.75, 3.05) is 6.54 Å². The second-order valence-corrected chi connectivity index (χ2v) is 5.99. The lowest BCUT2D eigenvalue weighted by molar-refractivity contribution is 0.508. The van der Waals surface area contributed by atoms with Gasteiger partial charge in [0, 0.05) is 16.1 Å². The van der Waals surface area contributed by atoms with E-state index >= 15 is 0 Å². The molecule has 1 N–H and O–H groups in total. The second-order valence-electron chi connectivity index (χ2n) is 4.69. The standard InChI is InChI=1S/C16H15BrClF2N/c1-2-21-15(12-7-6-11(17)9-14(12)20)8-10-4-3-5-13(19)16(10)18/h3-7,9,15,21H,2,8H2,1H3. The Morgan fingerprint density at radius 2 is 1.95 bits per heavy atom. The molecule has 0 saturated carbocycles. The van der Waals surface area contributed by atoms with E-state index in [1.54, 1.807) is 24.3 Å². The van der Waals surface area contributed by atoms with Gasteiger partial charge in [0.15, 0.2) is 0 Å². The van der Waals surface area contributed by atoms with Crippen LogP contribution in [0.3, 0.4) is 0 Å². The molecule has 0 aliphatic carbocycles. The van der Waals surface area contributed by atoms with Crippen LogP contribution in [0, 0.1) is 11.6 Å². The van der Waals surface area contributed by atoms with Crippen molar-refractivity contribution in [3.05, 3.63) is 68.7 Å². The molecule has 0 amide bonds. The molecule has 1 atom stereocenters. The molecular weight excluding hydrogens is 360 g/mol. The Kier molecular flexibility index (Phi) is 5.73. The first kappa shape index (κ1) is 16.4. The van der Waals surface area contributed by atoms with Crippen LogP contribution in [0.25, 0.3) is 0 Å². The number of benzene rings is 2. The molecule has 2 rings (SSSR count). The molecule has 0 aliphatic heterocycles. The fraction of sp³-hybridized carbons (Fsp3) is 0.250. The zero-order valence-electron chi connectivity index (χ0n) is 11.5. The molecule has 112 valence electrons. The van der Waals surface area contributed by atoms with E-state index in [9.17, 15) is 8.78 Å². The van der Waals surface area contributed by atoms with Crippen molar-refractivity contribution >= 4 is 27.5 Å². The number of likely N-dealkylation sites (N-methyl/N-ethyl adjacent to an activating group) is 1. The summed E-state index contributed by atoms with van der Waals surface area (Å²) in [6.07, 6.45) is 0.420. The molecule has 0 spiro atoms. The molecule has 0 fully saturated rings. The lowest BCUT2D eigenvalue weighted by Gasteiger charge is -2.20. The van der Waals surface area contributed by atoms with Crippen molar-refractivity contribution in [3.8, 4) is 0 Å². The Labute approximate surface area is 136 Å². The number of hydrogen-bond donors (Lipinski definition) is 1. The highest BCUT2D eigenvalue weighted by Gasteiger charge is 2.18. The predicted molar refractivity (Wildman–Crippen MR) is 85.6 cm³/mol. The fourth-order valence-corrected chi connectivity index (χ4v) is 2.78. The maximum Gasteiger partial charge on any atom is 0.142 e. The smallest absolute Gasteiger partial charge is 0.142 e. The van der Waals surface area contributed by atoms with Crippen molar-refractivity contribution in [1.82, 2.24) is 5.32 Å². The van der Waals surface area contributed by atoms with Crippen LogP contribution >= 0.6 is 27.5 Å². The average Bonchev–Trinajstić information content (AvgIpc) is 2.43. The summed E-state index contributed by atoms with van der Waals surface area (Å²) >= 11 is 9.23. The number of hydrogen-bond acceptors (Lipinski definition) is 1. The van der Waals surface area contributed by atoms with E-state index < -0.39 is 5.82 Å². The lowest BCUT2D eigenvalue weighted by Crippen LogP contribution is -2.24. The summed E-state index contributed by atoms with van der Waals surface area (Å²) in [5.41, 5.74) is 1.20. The average molecular weight is 375 g/mol. The third-order valence-electron chi connectivity index (χ3n) is 3.24. The fourth-order valence-electron chi connectivity index (χ4n) is 2.25. The van der Waals surface area contributed by atoms with Crippen LogP contribution in [0.2, 0.25) is 5.02 Å². The number of halogens is 4. The van der Waals surface area contributed by atoms with Crippen molar-refractivity contribution < 1.29 is 8.78 Å². The Hall–Kier alpha value is -0.970. The molecule has 1 nitrogen and oxygen atoms in total. The Balaban J connectivity index is 2.33. The van der Waals surface area contributed by atoms with Gasteiger partial charge >= 0.3 is 0 Å². The van der Waals surface area contributed by atoms with Crippen LogP contribution < -0.4 is 5.32 Å². The third kappa shape index (κ3) is 4.02. The first-order chi connectivity index (χ1) is 10.0. The summed E-state index contributed by atoms with van der Waals surface area (Å²) in [6.45, 7) is 2.62. The zero-order chi connectivity index (χ0) is 15.4. The SMILES string of the molecule is CCNC(Cc1cccc(F)c1Cl)c1ccc(Br)cc1F. The van der Waals surface area contributed by atoms with Gasteiger partial charge in [-0.15, -0.1) is 0 Å². The van der Waals surface area contributed by atoms with Gasteiger partial charge in [-0.05, 0) is 36.7 Å². The largest absolute Gasteiger partial charge is 0.310 e. The minimum absolute atomic E-state index is 0.0953. The Bertz CT molecular complexity index is 634. The van der Waals surface area contributed by atoms with Crippen LogP contribution in [0.5, 0.6) is 0 Å². The van der Waals surface area contributed by atoms with E-state index in [1.165, 1.54) is 12.1 Å². The molecule has 0 radical (unpaired) electrons. The first-order valence-corrected chi connectivity index (χ1v) is 7.81. The summed E-state index contributed by atoms with van der Waals surface area (Å²) < 4.78 is 28.3. The van der Waals surface area contributed by atoms with Crippen LogP contribution in [0.4, 0.5) is 8.78 Å². The highest BCUT2D eigenvalue weighted by molar-refractivity contribution is 9.10. The van der Waals surface area contributed by atoms with Crippen molar-refractivity contribution in [3.63, 3.8) is 0 Å². The topological polar surface area (TPSA) is 12.0 Å². The third-order valence-corrected chi connectivity index (χ3v) is 4.16. The van der Waals surface area contributed by atoms with Gasteiger partial charge < -0.3 is 5.32 Å². The molecule has 0 aromatic heterocycles. The monoisotopic (exact) mass is 373 g/mol. The maximum atomic E-state index is 14.1. The molecule has 5 heteroatoms. The van der Waals surface area contributed by atoms with Gasteiger partial charge in [0.2, 0.25) is 0 Å². The van der Waals surface area contributed by atoms with Gasteiger partial charge in [0.05, 0.1) is 5.02 Å². The minimum Gasteiger partial charge on any atom is -0.310 e. The first-order valence-electron chi connectivity index (χ1n) is 6.64. The molecule has 0 aliphatic rings. The maximum absolute atomic E-state index is 14.1. The number of rotatable bonds is 5. The minimum atomic E-state index is -0.458. The van der Waals surface area contributed by atoms with E-state index in [-0.39, 0.29) is 16.9 Å². The normalized spacial score (nSPS) is 12.4. The van der Waals surface area contributed by atoms with E-state index in [1.807, 2.05) is 6.92 Å². The number of nitrogens with one attached hydrogen (secondary N) is 1. The second kappa shape index (κ2) is 7.34. The zero-order valence-corrected chi connectivity index (χ0v) is 13.8. The van der Waals surface area contributed by atoms with Gasteiger partial charge in [-0.3, -0.25) is 0 Å². The molecule has 21 heavy (non-hydrogen) atoms. The highest BCUT2D eigenvalue weighted by atomic mass is 79.9. The van der Waals surface area contributed by atoms with Gasteiger partial charge in [-0.25, -0.2) is 8.78 Å². The molecular formula is C16H15BrClF2N. The van der Waals surface area contributed by atoms with Gasteiger partial charge in [-0.1, -0.05) is 52.7 Å². The van der Waals surface area contributed by atoms with Crippen LogP contribution in [-0.4, -0.2) is 6.54 Å². The summed E-state index contributed by atoms with van der Waals surface area (Å²) in [6, 6.07) is 9.35. The van der Waals surface area contributed by atoms with E-state index in [0.29, 0.717) is 28.6 Å². The lowest BCUT2D eigenvalue weighted by atomic mass is 9.98. The molecule has 0 heterocycles. The van der Waals surface area contributed by atoms with Crippen molar-refractivity contribution in [2.45, 2.75) is 19.4 Å². The molecule has 1 unspecified atom stereocenters. The van der Waals surface area contributed by atoms with Gasteiger partial charge in [0.1, 0.15) is 11.6 Å². The quantitative estimate of drug-likeness (QED) is 0.751. The van der Waals surface area contributed by atoms with Crippen molar-refractivity contribution in [1.29, 1.82) is 0 Å². The van der Waals surface area contributed by atoms with E-state index in [0.717, 1.165) is 0 Å². The van der Waals surface area contributed by atoms with Gasteiger partial charge in [-0.2, -0.15) is 0 Å². The van der Waals surface area contributed by atoms with E-state index in [2.05, 4.69) is 21.2 Å². The van der Waals surface area contributed by atoms with Gasteiger partial charge in [0.25, 0.3) is 0 Å². The highest BCUT2D eigenvalue weighted by Crippen LogP contribution is 2.28. The molecule has 0 saturated heterocycles. The van der Waals surface area contributed by atoms with Crippen LogP contribution in [-0.2, 0) is 6.42 Å². The van der Waals surface area contributed by atoms with Crippen molar-refractivity contribution in [2.24, 2.45) is 0 Å². The summed E-state index contributed by atoms with van der Waals surface area (Å²) in [7, 11) is 0. The molecule has 2 aromatic carbocycles. The van der Waals surface area contributed by atoms with E-state index in [4.69, 9.17) is 11.6 Å². The summed E-state index contributed by atoms with van der Waals surface area (Å²) in [5, 5.41) is 3.31. The van der Waals surface area contributed by atoms with Crippen LogP contribution in [0.1, 0.15) is 24.1 Å². The van der Waals surface area contributed by atoms with Crippen LogP contribution in [0.15, 0.2) is 40.9 Å². The summed E-state index contributed by atoms with van der Waals surface area (Å²) in [5.74, 6) is -0.761. The predicted octanol–water partition coefficient (Wildman–Crippen LogP) is 5.27. The summed E-state index contributed by atoms with van der Waals surface area (Å²) in [4.78, 5) is 0. The molecule has 0 bridgehead atoms.